The number of nitrogens with zero attached hydrogens (tertiary/aromatic N) is 2. The van der Waals surface area contributed by atoms with Crippen LogP contribution >= 0.6 is 0 Å². The Bertz CT molecular complexity index is 1070. The molecule has 1 aromatic carbocycles. The van der Waals surface area contributed by atoms with E-state index in [4.69, 9.17) is 0 Å². The second kappa shape index (κ2) is 7.08. The summed E-state index contributed by atoms with van der Waals surface area (Å²) in [4.78, 5) is 35.4. The highest BCUT2D eigenvalue weighted by atomic mass is 16.2. The molecule has 5 nitrogen and oxygen atoms in total. The number of rotatable bonds is 5. The molecule has 0 saturated carbocycles. The van der Waals surface area contributed by atoms with Gasteiger partial charge in [-0.05, 0) is 18.1 Å². The number of hydrogen-bond donors (Lipinski definition) is 1. The highest BCUT2D eigenvalue weighted by Gasteiger charge is 2.33. The van der Waals surface area contributed by atoms with Gasteiger partial charge in [0.15, 0.2) is 5.78 Å². The first-order valence-corrected chi connectivity index (χ1v) is 9.46. The minimum atomic E-state index is -0.182. The summed E-state index contributed by atoms with van der Waals surface area (Å²) >= 11 is 0. The van der Waals surface area contributed by atoms with Crippen LogP contribution in [0.5, 0.6) is 0 Å². The molecule has 3 heterocycles. The Morgan fingerprint density at radius 2 is 2.18 bits per heavy atom. The number of benzene rings is 1. The Labute approximate surface area is 164 Å². The topological polar surface area (TPSA) is 65.5 Å². The number of aromatic amines is 1. The largest absolute Gasteiger partial charge is 0.356 e. The van der Waals surface area contributed by atoms with Gasteiger partial charge in [-0.2, -0.15) is 0 Å². The van der Waals surface area contributed by atoms with E-state index in [0.29, 0.717) is 25.1 Å². The lowest BCUT2D eigenvalue weighted by Gasteiger charge is -2.30. The van der Waals surface area contributed by atoms with Gasteiger partial charge < -0.3 is 9.88 Å². The number of Topliss-reactive ketones (excluding diaryl/α,β-unsaturated/α-hetero) is 1. The van der Waals surface area contributed by atoms with Crippen molar-refractivity contribution in [2.75, 3.05) is 13.1 Å². The van der Waals surface area contributed by atoms with Crippen molar-refractivity contribution >= 4 is 28.3 Å². The molecule has 2 aromatic rings. The molecule has 0 saturated heterocycles. The zero-order chi connectivity index (χ0) is 19.8. The van der Waals surface area contributed by atoms with Crippen LogP contribution in [0.1, 0.15) is 35.0 Å². The first-order valence-electron chi connectivity index (χ1n) is 9.46. The number of ketones is 1. The van der Waals surface area contributed by atoms with Gasteiger partial charge in [-0.3, -0.25) is 14.6 Å². The van der Waals surface area contributed by atoms with Crippen molar-refractivity contribution in [2.45, 2.75) is 19.9 Å². The van der Waals surface area contributed by atoms with E-state index in [1.807, 2.05) is 36.1 Å². The number of carbonyl (C=O) groups is 2. The molecule has 2 aliphatic heterocycles. The monoisotopic (exact) mass is 373 g/mol. The molecule has 0 radical (unpaired) electrons. The summed E-state index contributed by atoms with van der Waals surface area (Å²) in [6.45, 7) is 10.5. The first-order chi connectivity index (χ1) is 13.5. The summed E-state index contributed by atoms with van der Waals surface area (Å²) in [5.41, 5.74) is 5.40. The van der Waals surface area contributed by atoms with Crippen molar-refractivity contribution in [3.63, 3.8) is 0 Å². The van der Waals surface area contributed by atoms with Crippen molar-refractivity contribution in [3.05, 3.63) is 72.0 Å². The molecule has 0 fully saturated rings. The van der Waals surface area contributed by atoms with Gasteiger partial charge >= 0.3 is 0 Å². The number of H-pyrrole nitrogens is 1. The molecule has 0 aliphatic carbocycles. The Kier molecular flexibility index (Phi) is 4.59. The molecular formula is C23H23N3O2. The summed E-state index contributed by atoms with van der Waals surface area (Å²) < 4.78 is 0. The van der Waals surface area contributed by atoms with Crippen LogP contribution in [0.25, 0.3) is 10.9 Å². The second-order valence-electron chi connectivity index (χ2n) is 7.37. The van der Waals surface area contributed by atoms with Gasteiger partial charge in [0.05, 0.1) is 18.8 Å². The molecule has 0 unspecified atom stereocenters. The summed E-state index contributed by atoms with van der Waals surface area (Å²) in [6.07, 6.45) is 5.96. The predicted molar refractivity (Wildman–Crippen MR) is 112 cm³/mol. The predicted octanol–water partition coefficient (Wildman–Crippen LogP) is 3.82. The smallest absolute Gasteiger partial charge is 0.226 e. The van der Waals surface area contributed by atoms with E-state index in [2.05, 4.69) is 23.1 Å². The molecule has 5 heteroatoms. The van der Waals surface area contributed by atoms with Crippen LogP contribution in [0.2, 0.25) is 0 Å². The lowest BCUT2D eigenvalue weighted by atomic mass is 9.95. The zero-order valence-electron chi connectivity index (χ0n) is 16.0. The standard InChI is InChI=1S/C23H23N3O2/c1-4-7-15(5-2)10-14(3)23(28)26-12-18-22-19(13-26)25-17-9-6-8-16(21(17)22)20(27)11-24-18/h4-9,14,25H,1-2,10-13H2,3H3/b15-7+/t14-/m0/s1. The second-order valence-corrected chi connectivity index (χ2v) is 7.37. The number of amides is 1. The maximum atomic E-state index is 13.1. The molecule has 0 bridgehead atoms. The van der Waals surface area contributed by atoms with E-state index in [-0.39, 0.29) is 24.2 Å². The van der Waals surface area contributed by atoms with Crippen LogP contribution in [0, 0.1) is 5.92 Å². The van der Waals surface area contributed by atoms with Crippen molar-refractivity contribution in [2.24, 2.45) is 10.9 Å². The number of carbonyl (C=O) groups excluding carboxylic acids is 2. The number of allylic oxidation sites excluding steroid dienone is 4. The Balaban J connectivity index is 1.67. The fraction of sp³-hybridized carbons (Fsp3) is 0.261. The maximum Gasteiger partial charge on any atom is 0.226 e. The van der Waals surface area contributed by atoms with Crippen LogP contribution in [0.4, 0.5) is 0 Å². The van der Waals surface area contributed by atoms with Crippen LogP contribution in [0.15, 0.2) is 60.2 Å². The van der Waals surface area contributed by atoms with E-state index >= 15 is 0 Å². The van der Waals surface area contributed by atoms with Gasteiger partial charge in [-0.1, -0.05) is 50.4 Å². The van der Waals surface area contributed by atoms with Gasteiger partial charge in [0.2, 0.25) is 5.91 Å². The molecule has 1 aromatic heterocycles. The molecule has 2 aliphatic rings. The summed E-state index contributed by atoms with van der Waals surface area (Å²) in [6, 6.07) is 5.72. The van der Waals surface area contributed by atoms with Crippen LogP contribution in [0.3, 0.4) is 0 Å². The van der Waals surface area contributed by atoms with Gasteiger partial charge in [0.1, 0.15) is 6.54 Å². The molecule has 1 N–H and O–H groups in total. The lowest BCUT2D eigenvalue weighted by molar-refractivity contribution is -0.134. The third-order valence-electron chi connectivity index (χ3n) is 5.46. The third-order valence-corrected chi connectivity index (χ3v) is 5.46. The highest BCUT2D eigenvalue weighted by Crippen LogP contribution is 2.33. The Hall–Kier alpha value is -3.21. The highest BCUT2D eigenvalue weighted by molar-refractivity contribution is 6.22. The lowest BCUT2D eigenvalue weighted by Crippen LogP contribution is -2.42. The minimum Gasteiger partial charge on any atom is -0.356 e. The quantitative estimate of drug-likeness (QED) is 0.810. The Morgan fingerprint density at radius 1 is 1.36 bits per heavy atom. The molecule has 142 valence electrons. The molecular weight excluding hydrogens is 350 g/mol. The molecule has 1 amide bonds. The van der Waals surface area contributed by atoms with Gasteiger partial charge in [-0.25, -0.2) is 0 Å². The van der Waals surface area contributed by atoms with Gasteiger partial charge in [0, 0.05) is 33.6 Å². The number of hydrogen-bond acceptors (Lipinski definition) is 3. The number of aliphatic imine (C=N–C) groups is 1. The summed E-state index contributed by atoms with van der Waals surface area (Å²) in [7, 11) is 0. The fourth-order valence-electron chi connectivity index (χ4n) is 4.14. The van der Waals surface area contributed by atoms with Crippen molar-refractivity contribution in [3.8, 4) is 0 Å². The molecule has 1 atom stereocenters. The Morgan fingerprint density at radius 3 is 2.93 bits per heavy atom. The average molecular weight is 373 g/mol. The van der Waals surface area contributed by atoms with Crippen molar-refractivity contribution in [1.29, 1.82) is 0 Å². The first kappa shape index (κ1) is 18.2. The van der Waals surface area contributed by atoms with E-state index in [1.54, 1.807) is 12.2 Å². The van der Waals surface area contributed by atoms with Crippen LogP contribution < -0.4 is 0 Å². The maximum absolute atomic E-state index is 13.1. The van der Waals surface area contributed by atoms with Crippen LogP contribution in [-0.2, 0) is 11.3 Å². The normalized spacial score (nSPS) is 17.2. The van der Waals surface area contributed by atoms with Gasteiger partial charge in [0.25, 0.3) is 0 Å². The molecule has 4 rings (SSSR count). The zero-order valence-corrected chi connectivity index (χ0v) is 16.0. The third kappa shape index (κ3) is 2.93. The fourth-order valence-corrected chi connectivity index (χ4v) is 4.14. The summed E-state index contributed by atoms with van der Waals surface area (Å²) in [5.74, 6) is -0.0935. The number of nitrogens with one attached hydrogen (secondary N) is 1. The molecule has 28 heavy (non-hydrogen) atoms. The van der Waals surface area contributed by atoms with Crippen molar-refractivity contribution < 1.29 is 9.59 Å². The van der Waals surface area contributed by atoms with E-state index in [0.717, 1.165) is 33.4 Å². The van der Waals surface area contributed by atoms with E-state index in [1.165, 1.54) is 0 Å². The SMILES string of the molecule is C=C/C=C(\C=C)C[C@H](C)C(=O)N1CC2=NCC(=O)c3cccc4[nH]c(c2c34)C1. The average Bonchev–Trinajstić information content (AvgIpc) is 3.01. The minimum absolute atomic E-state index is 0.0192. The van der Waals surface area contributed by atoms with Crippen molar-refractivity contribution in [1.82, 2.24) is 9.88 Å². The van der Waals surface area contributed by atoms with Gasteiger partial charge in [-0.15, -0.1) is 0 Å². The van der Waals surface area contributed by atoms with Crippen LogP contribution in [-0.4, -0.2) is 40.4 Å². The summed E-state index contributed by atoms with van der Waals surface area (Å²) in [5, 5.41) is 0.946. The van der Waals surface area contributed by atoms with E-state index < -0.39 is 0 Å². The number of aromatic nitrogens is 1. The van der Waals surface area contributed by atoms with E-state index in [9.17, 15) is 9.59 Å². The molecule has 0 spiro atoms.